The zero-order chi connectivity index (χ0) is 22.8. The van der Waals surface area contributed by atoms with E-state index in [-0.39, 0.29) is 5.56 Å². The average molecular weight is 457 g/mol. The molecule has 0 amide bonds. The number of rotatable bonds is 5. The third kappa shape index (κ3) is 4.51. The van der Waals surface area contributed by atoms with Crippen molar-refractivity contribution in [1.82, 2.24) is 15.2 Å². The van der Waals surface area contributed by atoms with E-state index in [0.29, 0.717) is 16.7 Å². The third-order valence-corrected chi connectivity index (χ3v) is 6.19. The number of benzene rings is 3. The lowest BCUT2D eigenvalue weighted by atomic mass is 10.1. The summed E-state index contributed by atoms with van der Waals surface area (Å²) in [6.07, 6.45) is -0.568. The van der Waals surface area contributed by atoms with Crippen molar-refractivity contribution in [2.45, 2.75) is 24.1 Å². The van der Waals surface area contributed by atoms with Crippen molar-refractivity contribution in [2.24, 2.45) is 0 Å². The molecule has 0 spiro atoms. The number of thioether (sulfide) groups is 1. The second-order valence-corrected chi connectivity index (χ2v) is 8.58. The minimum atomic E-state index is -0.973. The Labute approximate surface area is 194 Å². The number of carboxylic acid groups (broad SMARTS) is 1. The van der Waals surface area contributed by atoms with Gasteiger partial charge in [-0.15, -0.1) is 10.2 Å². The van der Waals surface area contributed by atoms with E-state index in [0.717, 1.165) is 22.6 Å². The van der Waals surface area contributed by atoms with Gasteiger partial charge in [0.05, 0.1) is 5.56 Å². The largest absolute Gasteiger partial charge is 0.478 e. The predicted molar refractivity (Wildman–Crippen MR) is 126 cm³/mol. The Morgan fingerprint density at radius 3 is 2.55 bits per heavy atom. The molecule has 0 saturated heterocycles. The Balaban J connectivity index is 1.46. The van der Waals surface area contributed by atoms with Gasteiger partial charge in [0.1, 0.15) is 0 Å². The van der Waals surface area contributed by atoms with Crippen molar-refractivity contribution < 1.29 is 14.6 Å². The lowest BCUT2D eigenvalue weighted by Crippen LogP contribution is -2.17. The van der Waals surface area contributed by atoms with E-state index in [4.69, 9.17) is 4.74 Å². The molecule has 33 heavy (non-hydrogen) atoms. The maximum atomic E-state index is 11.2. The Hall–Kier alpha value is -3.91. The number of hydrogen-bond acceptors (Lipinski definition) is 7. The average Bonchev–Trinajstić information content (AvgIpc) is 3.00. The fourth-order valence-electron chi connectivity index (χ4n) is 3.49. The van der Waals surface area contributed by atoms with Crippen LogP contribution >= 0.6 is 11.8 Å². The van der Waals surface area contributed by atoms with Crippen LogP contribution in [0.3, 0.4) is 0 Å². The molecule has 1 atom stereocenters. The number of nitrogens with zero attached hydrogens (tertiary/aromatic N) is 3. The SMILES string of the molecule is Cc1ccc(CSc2nnc3c(n2)OC(c2ccc(C(=O)O)cc2)Nc2ccccc2-3)cc1. The second-order valence-electron chi connectivity index (χ2n) is 7.64. The molecule has 7 nitrogen and oxygen atoms in total. The van der Waals surface area contributed by atoms with E-state index in [1.54, 1.807) is 24.3 Å². The summed E-state index contributed by atoms with van der Waals surface area (Å²) in [5.74, 6) is 0.121. The number of anilines is 1. The standard InChI is InChI=1S/C25H20N4O3S/c1-15-6-8-16(9-7-15)14-33-25-27-23-21(28-29-25)19-4-2-3-5-20(19)26-22(32-23)17-10-12-18(13-11-17)24(30)31/h2-13,22,26H,14H2,1H3,(H,30,31). The first-order chi connectivity index (χ1) is 16.1. The van der Waals surface area contributed by atoms with E-state index < -0.39 is 12.2 Å². The maximum Gasteiger partial charge on any atom is 0.335 e. The molecule has 0 radical (unpaired) electrons. The summed E-state index contributed by atoms with van der Waals surface area (Å²) in [4.78, 5) is 15.9. The van der Waals surface area contributed by atoms with Crippen LogP contribution in [-0.2, 0) is 5.75 Å². The van der Waals surface area contributed by atoms with Gasteiger partial charge in [-0.05, 0) is 30.7 Å². The summed E-state index contributed by atoms with van der Waals surface area (Å²) in [6.45, 7) is 2.06. The molecular formula is C25H20N4O3S. The Kier molecular flexibility index (Phi) is 5.66. The van der Waals surface area contributed by atoms with Gasteiger partial charge in [-0.25, -0.2) is 4.79 Å². The van der Waals surface area contributed by atoms with E-state index >= 15 is 0 Å². The van der Waals surface area contributed by atoms with E-state index in [2.05, 4.69) is 51.7 Å². The molecule has 164 valence electrons. The minimum absolute atomic E-state index is 0.215. The third-order valence-electron chi connectivity index (χ3n) is 5.28. The van der Waals surface area contributed by atoms with Gasteiger partial charge in [0.2, 0.25) is 11.0 Å². The zero-order valence-corrected chi connectivity index (χ0v) is 18.5. The van der Waals surface area contributed by atoms with Gasteiger partial charge in [0.15, 0.2) is 11.9 Å². The molecule has 4 aromatic rings. The number of para-hydroxylation sites is 1. The molecule has 5 rings (SSSR count). The zero-order valence-electron chi connectivity index (χ0n) is 17.7. The van der Waals surface area contributed by atoms with Crippen molar-refractivity contribution in [2.75, 3.05) is 5.32 Å². The van der Waals surface area contributed by atoms with Crippen LogP contribution < -0.4 is 10.1 Å². The van der Waals surface area contributed by atoms with Gasteiger partial charge in [0, 0.05) is 22.6 Å². The highest BCUT2D eigenvalue weighted by molar-refractivity contribution is 7.98. The number of aromatic nitrogens is 3. The van der Waals surface area contributed by atoms with Crippen molar-refractivity contribution in [1.29, 1.82) is 0 Å². The van der Waals surface area contributed by atoms with Gasteiger partial charge in [-0.1, -0.05) is 71.9 Å². The minimum Gasteiger partial charge on any atom is -0.478 e. The van der Waals surface area contributed by atoms with Crippen molar-refractivity contribution in [3.05, 3.63) is 95.1 Å². The van der Waals surface area contributed by atoms with Crippen molar-refractivity contribution in [3.8, 4) is 17.1 Å². The van der Waals surface area contributed by atoms with Gasteiger partial charge < -0.3 is 15.2 Å². The molecule has 0 saturated carbocycles. The molecule has 1 aliphatic heterocycles. The molecule has 0 aliphatic carbocycles. The van der Waals surface area contributed by atoms with Crippen LogP contribution in [0.1, 0.15) is 33.3 Å². The summed E-state index contributed by atoms with van der Waals surface area (Å²) in [7, 11) is 0. The highest BCUT2D eigenvalue weighted by atomic mass is 32.2. The molecule has 0 bridgehead atoms. The summed E-state index contributed by atoms with van der Waals surface area (Å²) < 4.78 is 6.25. The van der Waals surface area contributed by atoms with E-state index in [9.17, 15) is 9.90 Å². The highest BCUT2D eigenvalue weighted by Gasteiger charge is 2.26. The smallest absolute Gasteiger partial charge is 0.335 e. The van der Waals surface area contributed by atoms with Crippen LogP contribution in [0.4, 0.5) is 5.69 Å². The first-order valence-electron chi connectivity index (χ1n) is 10.4. The maximum absolute atomic E-state index is 11.2. The summed E-state index contributed by atoms with van der Waals surface area (Å²) in [6, 6.07) is 22.7. The monoisotopic (exact) mass is 456 g/mol. The summed E-state index contributed by atoms with van der Waals surface area (Å²) in [5, 5.41) is 21.8. The number of aromatic carboxylic acids is 1. The van der Waals surface area contributed by atoms with Crippen LogP contribution in [0.25, 0.3) is 11.3 Å². The van der Waals surface area contributed by atoms with Crippen LogP contribution in [0.2, 0.25) is 0 Å². The number of carbonyl (C=O) groups is 1. The number of hydrogen-bond donors (Lipinski definition) is 2. The highest BCUT2D eigenvalue weighted by Crippen LogP contribution is 2.39. The number of nitrogens with one attached hydrogen (secondary N) is 1. The summed E-state index contributed by atoms with van der Waals surface area (Å²) in [5.41, 5.74) is 5.61. The van der Waals surface area contributed by atoms with E-state index in [1.807, 2.05) is 24.3 Å². The van der Waals surface area contributed by atoms with Crippen LogP contribution in [0.5, 0.6) is 5.88 Å². The molecule has 3 aromatic carbocycles. The van der Waals surface area contributed by atoms with Crippen LogP contribution in [-0.4, -0.2) is 26.3 Å². The molecule has 1 unspecified atom stereocenters. The van der Waals surface area contributed by atoms with Gasteiger partial charge in [-0.2, -0.15) is 4.98 Å². The lowest BCUT2D eigenvalue weighted by molar-refractivity contribution is 0.0696. The number of carboxylic acids is 1. The topological polar surface area (TPSA) is 97.2 Å². The van der Waals surface area contributed by atoms with Crippen LogP contribution in [0.15, 0.2) is 78.0 Å². The predicted octanol–water partition coefficient (Wildman–Crippen LogP) is 5.34. The van der Waals surface area contributed by atoms with Gasteiger partial charge in [0.25, 0.3) is 0 Å². The Morgan fingerprint density at radius 2 is 1.79 bits per heavy atom. The van der Waals surface area contributed by atoms with E-state index in [1.165, 1.54) is 22.9 Å². The molecule has 0 fully saturated rings. The number of ether oxygens (including phenoxy) is 1. The second kappa shape index (κ2) is 8.91. The fourth-order valence-corrected chi connectivity index (χ4v) is 4.23. The number of fused-ring (bicyclic) bond motifs is 3. The molecular weight excluding hydrogens is 436 g/mol. The molecule has 1 aromatic heterocycles. The summed E-state index contributed by atoms with van der Waals surface area (Å²) >= 11 is 1.49. The molecule has 8 heteroatoms. The van der Waals surface area contributed by atoms with Crippen molar-refractivity contribution in [3.63, 3.8) is 0 Å². The lowest BCUT2D eigenvalue weighted by Gasteiger charge is -2.19. The van der Waals surface area contributed by atoms with Crippen molar-refractivity contribution >= 4 is 23.4 Å². The molecule has 2 N–H and O–H groups in total. The fraction of sp³-hybridized carbons (Fsp3) is 0.120. The van der Waals surface area contributed by atoms with Crippen LogP contribution in [0, 0.1) is 6.92 Å². The van der Waals surface area contributed by atoms with Gasteiger partial charge >= 0.3 is 5.97 Å². The molecule has 2 heterocycles. The first-order valence-corrected chi connectivity index (χ1v) is 11.3. The van der Waals surface area contributed by atoms with Gasteiger partial charge in [-0.3, -0.25) is 0 Å². The Morgan fingerprint density at radius 1 is 1.03 bits per heavy atom. The number of aryl methyl sites for hydroxylation is 1. The molecule has 1 aliphatic rings. The normalized spacial score (nSPS) is 14.3. The quantitative estimate of drug-likeness (QED) is 0.389. The Bertz CT molecular complexity index is 1310. The first kappa shape index (κ1) is 21.0.